The molecule has 0 aliphatic heterocycles. The van der Waals surface area contributed by atoms with Crippen molar-refractivity contribution in [2.75, 3.05) is 0 Å². The Bertz CT molecular complexity index is 370. The van der Waals surface area contributed by atoms with E-state index >= 15 is 0 Å². The molecular weight excluding hydrogens is 360 g/mol. The van der Waals surface area contributed by atoms with Gasteiger partial charge in [-0.05, 0) is 76.9 Å². The zero-order valence-corrected chi connectivity index (χ0v) is 22.5. The molecule has 0 aliphatic carbocycles. The number of hydrogen-bond acceptors (Lipinski definition) is 0. The molecule has 0 aromatic carbocycles. The van der Waals surface area contributed by atoms with Gasteiger partial charge in [0.25, 0.3) is 0 Å². The van der Waals surface area contributed by atoms with Gasteiger partial charge in [0.15, 0.2) is 0 Å². The second kappa shape index (κ2) is 14.9. The normalized spacial score (nSPS) is 23.1. The molecule has 0 heterocycles. The molecule has 0 saturated carbocycles. The van der Waals surface area contributed by atoms with E-state index in [4.69, 9.17) is 0 Å². The third-order valence-electron chi connectivity index (χ3n) is 10.4. The molecule has 0 rings (SSSR count). The van der Waals surface area contributed by atoms with Crippen LogP contribution < -0.4 is 0 Å². The summed E-state index contributed by atoms with van der Waals surface area (Å²) in [6.07, 6.45) is 0. The second-order valence-corrected chi connectivity index (χ2v) is 11.9. The number of rotatable bonds is 12. The predicted molar refractivity (Wildman–Crippen MR) is 144 cm³/mol. The summed E-state index contributed by atoms with van der Waals surface area (Å²) in [5.41, 5.74) is 0. The quantitative estimate of drug-likeness (QED) is 0.291. The van der Waals surface area contributed by atoms with Gasteiger partial charge in [0, 0.05) is 0 Å². The van der Waals surface area contributed by atoms with E-state index in [1.165, 1.54) is 0 Å². The fourth-order valence-corrected chi connectivity index (χ4v) is 5.52. The molecule has 0 spiro atoms. The van der Waals surface area contributed by atoms with E-state index in [0.717, 1.165) is 76.9 Å². The largest absolute Gasteiger partial charge is 0.0776 e. The van der Waals surface area contributed by atoms with Gasteiger partial charge in [0.2, 0.25) is 0 Å². The van der Waals surface area contributed by atoms with Crippen LogP contribution in [-0.4, -0.2) is 0 Å². The number of hydrogen-bond donors (Lipinski definition) is 0. The minimum atomic E-state index is 0. The van der Waals surface area contributed by atoms with Crippen LogP contribution in [0.5, 0.6) is 0 Å². The Kier molecular flexibility index (Phi) is 17.2. The average Bonchev–Trinajstić information content (AvgIpc) is 2.66. The van der Waals surface area contributed by atoms with Gasteiger partial charge in [-0.2, -0.15) is 0 Å². The smallest absolute Gasteiger partial charge is 0.0386 e. The van der Waals surface area contributed by atoms with Gasteiger partial charge in [0.1, 0.15) is 0 Å². The second-order valence-electron chi connectivity index (χ2n) is 11.9. The summed E-state index contributed by atoms with van der Waals surface area (Å²) in [5, 5.41) is 0. The van der Waals surface area contributed by atoms with Crippen molar-refractivity contribution >= 4 is 0 Å². The lowest BCUT2D eigenvalue weighted by Gasteiger charge is -2.42. The highest BCUT2D eigenvalue weighted by molar-refractivity contribution is 4.84. The molecule has 186 valence electrons. The van der Waals surface area contributed by atoms with Crippen LogP contribution in [0.4, 0.5) is 0 Å². The van der Waals surface area contributed by atoms with E-state index in [9.17, 15) is 0 Å². The maximum Gasteiger partial charge on any atom is -0.0386 e. The molecule has 0 saturated heterocycles. The topological polar surface area (TPSA) is 0 Å². The molecule has 0 aliphatic rings. The van der Waals surface area contributed by atoms with Crippen LogP contribution >= 0.6 is 0 Å². The minimum absolute atomic E-state index is 0. The standard InChI is InChI=1S/C28H58.2CH4/c1-16(2)18(5)20(7)22(9)24(11)26(13)28(15)27(14)25(12)23(10)21(8)19(6)17(3)4;;/h16-28H,1-15H3;2*1H4. The molecule has 0 aromatic heterocycles. The highest BCUT2D eigenvalue weighted by Gasteiger charge is 2.35. The van der Waals surface area contributed by atoms with Crippen LogP contribution in [0, 0.1) is 76.9 Å². The highest BCUT2D eigenvalue weighted by Crippen LogP contribution is 2.42. The summed E-state index contributed by atoms with van der Waals surface area (Å²) in [4.78, 5) is 0. The van der Waals surface area contributed by atoms with Crippen LogP contribution in [-0.2, 0) is 0 Å². The van der Waals surface area contributed by atoms with Gasteiger partial charge in [0.05, 0.1) is 0 Å². The summed E-state index contributed by atoms with van der Waals surface area (Å²) >= 11 is 0. The molecule has 0 N–H and O–H groups in total. The Balaban J connectivity index is -0.00000364. The fraction of sp³-hybridized carbons (Fsp3) is 1.00. The van der Waals surface area contributed by atoms with Crippen molar-refractivity contribution in [1.82, 2.24) is 0 Å². The van der Waals surface area contributed by atoms with Crippen molar-refractivity contribution < 1.29 is 0 Å². The van der Waals surface area contributed by atoms with Gasteiger partial charge in [-0.3, -0.25) is 0 Å². The van der Waals surface area contributed by atoms with Crippen LogP contribution in [0.15, 0.2) is 0 Å². The Morgan fingerprint density at radius 1 is 0.200 bits per heavy atom. The Hall–Kier alpha value is 0. The van der Waals surface area contributed by atoms with E-state index in [1.54, 1.807) is 0 Å². The van der Waals surface area contributed by atoms with Gasteiger partial charge in [-0.1, -0.05) is 119 Å². The maximum absolute atomic E-state index is 2.54. The summed E-state index contributed by atoms with van der Waals surface area (Å²) < 4.78 is 0. The lowest BCUT2D eigenvalue weighted by atomic mass is 9.63. The fourth-order valence-electron chi connectivity index (χ4n) is 5.52. The van der Waals surface area contributed by atoms with E-state index in [1.807, 2.05) is 0 Å². The molecule has 0 nitrogen and oxygen atoms in total. The molecule has 0 amide bonds. The van der Waals surface area contributed by atoms with Crippen molar-refractivity contribution in [2.45, 2.75) is 119 Å². The molecule has 0 heteroatoms. The molecule has 10 unspecified atom stereocenters. The van der Waals surface area contributed by atoms with Crippen LogP contribution in [0.3, 0.4) is 0 Å². The molecule has 0 aromatic rings. The third kappa shape index (κ3) is 8.86. The van der Waals surface area contributed by atoms with Gasteiger partial charge in [-0.15, -0.1) is 0 Å². The van der Waals surface area contributed by atoms with Crippen LogP contribution in [0.1, 0.15) is 119 Å². The first-order valence-corrected chi connectivity index (χ1v) is 12.7. The Morgan fingerprint density at radius 3 is 0.400 bits per heavy atom. The zero-order chi connectivity index (χ0) is 22.5. The van der Waals surface area contributed by atoms with Gasteiger partial charge >= 0.3 is 0 Å². The third-order valence-corrected chi connectivity index (χ3v) is 10.4. The summed E-state index contributed by atoms with van der Waals surface area (Å²) in [7, 11) is 0. The van der Waals surface area contributed by atoms with E-state index in [-0.39, 0.29) is 14.9 Å². The minimum Gasteiger partial charge on any atom is -0.0776 e. The van der Waals surface area contributed by atoms with Crippen LogP contribution in [0.25, 0.3) is 0 Å². The van der Waals surface area contributed by atoms with Gasteiger partial charge in [-0.25, -0.2) is 0 Å². The summed E-state index contributed by atoms with van der Waals surface area (Å²) in [6.45, 7) is 37.1. The van der Waals surface area contributed by atoms with Crippen molar-refractivity contribution in [3.05, 3.63) is 0 Å². The van der Waals surface area contributed by atoms with E-state index < -0.39 is 0 Å². The monoisotopic (exact) mass is 427 g/mol. The maximum atomic E-state index is 2.54. The zero-order valence-electron chi connectivity index (χ0n) is 22.5. The molecule has 10 atom stereocenters. The molecule has 0 fully saturated rings. The lowest BCUT2D eigenvalue weighted by molar-refractivity contribution is 0.0660. The van der Waals surface area contributed by atoms with Gasteiger partial charge < -0.3 is 0 Å². The molecule has 0 radical (unpaired) electrons. The SMILES string of the molecule is C.C.CC(C)C(C)C(C)C(C)C(C)C(C)C(C)C(C)C(C)C(C)C(C)C(C)C(C)C. The van der Waals surface area contributed by atoms with E-state index in [2.05, 4.69) is 104 Å². The van der Waals surface area contributed by atoms with Crippen molar-refractivity contribution in [1.29, 1.82) is 0 Å². The highest BCUT2D eigenvalue weighted by atomic mass is 14.4. The molecular formula is C30H66. The lowest BCUT2D eigenvalue weighted by Crippen LogP contribution is -2.36. The first-order valence-electron chi connectivity index (χ1n) is 12.7. The summed E-state index contributed by atoms with van der Waals surface area (Å²) in [5.74, 6) is 10.2. The first-order chi connectivity index (χ1) is 12.7. The van der Waals surface area contributed by atoms with Crippen molar-refractivity contribution in [2.24, 2.45) is 76.9 Å². The van der Waals surface area contributed by atoms with Crippen LogP contribution in [0.2, 0.25) is 0 Å². The summed E-state index contributed by atoms with van der Waals surface area (Å²) in [6, 6.07) is 0. The average molecular weight is 427 g/mol. The van der Waals surface area contributed by atoms with Crippen molar-refractivity contribution in [3.63, 3.8) is 0 Å². The molecule has 30 heavy (non-hydrogen) atoms. The Morgan fingerprint density at radius 2 is 0.300 bits per heavy atom. The molecule has 0 bridgehead atoms. The van der Waals surface area contributed by atoms with Crippen molar-refractivity contribution in [3.8, 4) is 0 Å². The van der Waals surface area contributed by atoms with E-state index in [0.29, 0.717) is 0 Å². The predicted octanol–water partition coefficient (Wildman–Crippen LogP) is 10.6. The first kappa shape index (κ1) is 34.6. The Labute approximate surface area is 195 Å².